The van der Waals surface area contributed by atoms with E-state index in [4.69, 9.17) is 4.74 Å². The standard InChI is InChI=1S/C17H17N3O2/c1-10-8-11(2)16(22-4)13(9-10)15-17(19-21)20-12(3)6-5-7-14(20)18-15/h5-9H,1-4H3. The van der Waals surface area contributed by atoms with Crippen LogP contribution in [-0.2, 0) is 0 Å². The summed E-state index contributed by atoms with van der Waals surface area (Å²) in [5.74, 6) is 1.02. The van der Waals surface area contributed by atoms with E-state index in [-0.39, 0.29) is 0 Å². The van der Waals surface area contributed by atoms with Gasteiger partial charge in [0, 0.05) is 11.3 Å². The second-order valence-electron chi connectivity index (χ2n) is 5.40. The quantitative estimate of drug-likeness (QED) is 0.676. The van der Waals surface area contributed by atoms with Crippen molar-refractivity contribution in [1.29, 1.82) is 0 Å². The number of aryl methyl sites for hydroxylation is 3. The fraction of sp³-hybridized carbons (Fsp3) is 0.235. The van der Waals surface area contributed by atoms with Crippen molar-refractivity contribution in [2.24, 2.45) is 5.18 Å². The molecule has 22 heavy (non-hydrogen) atoms. The average molecular weight is 295 g/mol. The number of benzene rings is 1. The fourth-order valence-electron chi connectivity index (χ4n) is 2.90. The molecule has 0 fully saturated rings. The monoisotopic (exact) mass is 295 g/mol. The predicted molar refractivity (Wildman–Crippen MR) is 86.8 cm³/mol. The van der Waals surface area contributed by atoms with Gasteiger partial charge in [0.15, 0.2) is 0 Å². The van der Waals surface area contributed by atoms with Gasteiger partial charge in [-0.1, -0.05) is 12.1 Å². The molecule has 0 saturated carbocycles. The van der Waals surface area contributed by atoms with Crippen molar-refractivity contribution in [1.82, 2.24) is 9.38 Å². The van der Waals surface area contributed by atoms with E-state index in [0.717, 1.165) is 28.1 Å². The molecular formula is C17H17N3O2. The molecule has 0 radical (unpaired) electrons. The topological polar surface area (TPSA) is 56.0 Å². The Bertz CT molecular complexity index is 881. The number of nitroso groups, excluding NO2 is 1. The molecule has 3 rings (SSSR count). The number of rotatable bonds is 3. The number of fused-ring (bicyclic) bond motifs is 1. The van der Waals surface area contributed by atoms with Crippen LogP contribution in [-0.4, -0.2) is 16.5 Å². The number of aromatic nitrogens is 2. The minimum atomic E-state index is 0.302. The summed E-state index contributed by atoms with van der Waals surface area (Å²) < 4.78 is 7.28. The van der Waals surface area contributed by atoms with Gasteiger partial charge in [-0.3, -0.25) is 4.40 Å². The molecule has 0 aliphatic heterocycles. The maximum Gasteiger partial charge on any atom is 0.210 e. The number of pyridine rings is 1. The van der Waals surface area contributed by atoms with Crippen LogP contribution in [0.5, 0.6) is 5.75 Å². The minimum absolute atomic E-state index is 0.302. The summed E-state index contributed by atoms with van der Waals surface area (Å²) in [6, 6.07) is 9.70. The van der Waals surface area contributed by atoms with Gasteiger partial charge in [0.2, 0.25) is 5.82 Å². The van der Waals surface area contributed by atoms with Gasteiger partial charge >= 0.3 is 0 Å². The molecule has 0 saturated heterocycles. The molecule has 0 unspecified atom stereocenters. The van der Waals surface area contributed by atoms with Crippen molar-refractivity contribution in [3.05, 3.63) is 52.1 Å². The summed E-state index contributed by atoms with van der Waals surface area (Å²) >= 11 is 0. The van der Waals surface area contributed by atoms with E-state index < -0.39 is 0 Å². The molecular weight excluding hydrogens is 278 g/mol. The first-order chi connectivity index (χ1) is 10.6. The van der Waals surface area contributed by atoms with E-state index in [0.29, 0.717) is 17.2 Å². The largest absolute Gasteiger partial charge is 0.496 e. The van der Waals surface area contributed by atoms with E-state index in [1.807, 2.05) is 51.1 Å². The Hall–Kier alpha value is -2.69. The Morgan fingerprint density at radius 1 is 1.18 bits per heavy atom. The molecule has 3 aromatic rings. The van der Waals surface area contributed by atoms with Gasteiger partial charge in [-0.2, -0.15) is 0 Å². The van der Waals surface area contributed by atoms with E-state index in [2.05, 4.69) is 10.2 Å². The van der Waals surface area contributed by atoms with Crippen molar-refractivity contribution in [3.63, 3.8) is 0 Å². The molecule has 0 aliphatic rings. The molecule has 0 bridgehead atoms. The summed E-state index contributed by atoms with van der Waals surface area (Å²) in [4.78, 5) is 16.0. The second kappa shape index (κ2) is 5.26. The molecule has 0 amide bonds. The van der Waals surface area contributed by atoms with Crippen molar-refractivity contribution in [2.45, 2.75) is 20.8 Å². The smallest absolute Gasteiger partial charge is 0.210 e. The average Bonchev–Trinajstić information content (AvgIpc) is 2.86. The minimum Gasteiger partial charge on any atom is -0.496 e. The van der Waals surface area contributed by atoms with Crippen LogP contribution in [0.1, 0.15) is 16.8 Å². The highest BCUT2D eigenvalue weighted by Gasteiger charge is 2.20. The van der Waals surface area contributed by atoms with Gasteiger partial charge in [-0.25, -0.2) is 4.98 Å². The Morgan fingerprint density at radius 2 is 1.95 bits per heavy atom. The highest BCUT2D eigenvalue weighted by molar-refractivity contribution is 5.80. The first kappa shape index (κ1) is 14.3. The predicted octanol–water partition coefficient (Wildman–Crippen LogP) is 4.33. The Kier molecular flexibility index (Phi) is 3.41. The fourth-order valence-corrected chi connectivity index (χ4v) is 2.90. The zero-order valence-corrected chi connectivity index (χ0v) is 13.0. The molecule has 0 aliphatic carbocycles. The lowest BCUT2D eigenvalue weighted by Crippen LogP contribution is -1.93. The van der Waals surface area contributed by atoms with Gasteiger partial charge in [0.05, 0.1) is 7.11 Å². The normalized spacial score (nSPS) is 10.9. The molecule has 2 heterocycles. The zero-order valence-electron chi connectivity index (χ0n) is 13.0. The van der Waals surface area contributed by atoms with E-state index in [9.17, 15) is 4.91 Å². The molecule has 0 spiro atoms. The molecule has 5 nitrogen and oxygen atoms in total. The number of imidazole rings is 1. The van der Waals surface area contributed by atoms with Gasteiger partial charge < -0.3 is 4.74 Å². The Morgan fingerprint density at radius 3 is 2.64 bits per heavy atom. The van der Waals surface area contributed by atoms with E-state index in [1.165, 1.54) is 0 Å². The van der Waals surface area contributed by atoms with Crippen LogP contribution in [0.15, 0.2) is 35.5 Å². The summed E-state index contributed by atoms with van der Waals surface area (Å²) in [5.41, 5.74) is 5.03. The third-order valence-electron chi connectivity index (χ3n) is 3.78. The number of hydrogen-bond donors (Lipinski definition) is 0. The third-order valence-corrected chi connectivity index (χ3v) is 3.78. The van der Waals surface area contributed by atoms with Crippen LogP contribution in [0.4, 0.5) is 5.82 Å². The SMILES string of the molecule is COc1c(C)cc(C)cc1-c1nc2cccc(C)n2c1N=O. The lowest BCUT2D eigenvalue weighted by atomic mass is 10.0. The van der Waals surface area contributed by atoms with Crippen molar-refractivity contribution in [2.75, 3.05) is 7.11 Å². The van der Waals surface area contributed by atoms with Crippen molar-refractivity contribution in [3.8, 4) is 17.0 Å². The van der Waals surface area contributed by atoms with Gasteiger partial charge in [-0.05, 0) is 55.3 Å². The number of hydrogen-bond acceptors (Lipinski definition) is 4. The lowest BCUT2D eigenvalue weighted by Gasteiger charge is -2.11. The summed E-state index contributed by atoms with van der Waals surface area (Å²) in [5, 5.41) is 3.23. The maximum atomic E-state index is 11.4. The third kappa shape index (κ3) is 2.06. The summed E-state index contributed by atoms with van der Waals surface area (Å²) in [6.07, 6.45) is 0. The van der Waals surface area contributed by atoms with Gasteiger partial charge in [0.25, 0.3) is 0 Å². The molecule has 5 heteroatoms. The van der Waals surface area contributed by atoms with E-state index >= 15 is 0 Å². The second-order valence-corrected chi connectivity index (χ2v) is 5.40. The Labute approximate surface area is 128 Å². The molecule has 2 aromatic heterocycles. The van der Waals surface area contributed by atoms with Crippen molar-refractivity contribution < 1.29 is 4.74 Å². The van der Waals surface area contributed by atoms with E-state index in [1.54, 1.807) is 11.5 Å². The highest BCUT2D eigenvalue weighted by Crippen LogP contribution is 2.39. The first-order valence-corrected chi connectivity index (χ1v) is 7.04. The number of nitrogens with zero attached hydrogens (tertiary/aromatic N) is 3. The van der Waals surface area contributed by atoms with Crippen molar-refractivity contribution >= 4 is 11.5 Å². The molecule has 1 aromatic carbocycles. The van der Waals surface area contributed by atoms with Crippen LogP contribution in [0.25, 0.3) is 16.9 Å². The van der Waals surface area contributed by atoms with Gasteiger partial charge in [-0.15, -0.1) is 4.91 Å². The zero-order chi connectivity index (χ0) is 15.9. The molecule has 0 N–H and O–H groups in total. The summed E-state index contributed by atoms with van der Waals surface area (Å²) in [7, 11) is 1.62. The van der Waals surface area contributed by atoms with Crippen LogP contribution in [0.3, 0.4) is 0 Å². The summed E-state index contributed by atoms with van der Waals surface area (Å²) in [6.45, 7) is 5.90. The number of methoxy groups -OCH3 is 1. The van der Waals surface area contributed by atoms with Crippen LogP contribution >= 0.6 is 0 Å². The van der Waals surface area contributed by atoms with Crippen LogP contribution in [0.2, 0.25) is 0 Å². The van der Waals surface area contributed by atoms with Crippen LogP contribution < -0.4 is 4.74 Å². The highest BCUT2D eigenvalue weighted by atomic mass is 16.5. The molecule has 0 atom stereocenters. The molecule has 112 valence electrons. The number of ether oxygens (including phenoxy) is 1. The van der Waals surface area contributed by atoms with Crippen LogP contribution in [0, 0.1) is 25.7 Å². The first-order valence-electron chi connectivity index (χ1n) is 7.04. The van der Waals surface area contributed by atoms with Gasteiger partial charge in [0.1, 0.15) is 17.1 Å². The maximum absolute atomic E-state index is 11.4. The Balaban J connectivity index is 2.41. The lowest BCUT2D eigenvalue weighted by molar-refractivity contribution is 0.413.